The van der Waals surface area contributed by atoms with Crippen LogP contribution < -0.4 is 10.1 Å². The molecule has 1 saturated heterocycles. The van der Waals surface area contributed by atoms with E-state index in [0.717, 1.165) is 44.6 Å². The number of rotatable bonds is 5. The molecule has 2 aliphatic rings. The van der Waals surface area contributed by atoms with Gasteiger partial charge in [0.15, 0.2) is 0 Å². The summed E-state index contributed by atoms with van der Waals surface area (Å²) in [5.74, 6) is 2.15. The largest absolute Gasteiger partial charge is 0.496 e. The molecule has 1 aliphatic heterocycles. The van der Waals surface area contributed by atoms with Crippen LogP contribution in [0.15, 0.2) is 24.3 Å². The highest BCUT2D eigenvalue weighted by Crippen LogP contribution is 2.32. The van der Waals surface area contributed by atoms with Crippen LogP contribution in [-0.2, 0) is 11.3 Å². The number of amides is 1. The van der Waals surface area contributed by atoms with Crippen LogP contribution in [-0.4, -0.2) is 37.0 Å². The summed E-state index contributed by atoms with van der Waals surface area (Å²) in [6.07, 6.45) is 3.23. The smallest absolute Gasteiger partial charge is 0.225 e. The summed E-state index contributed by atoms with van der Waals surface area (Å²) in [6, 6.07) is 8.60. The van der Waals surface area contributed by atoms with Crippen LogP contribution in [0.2, 0.25) is 0 Å². The van der Waals surface area contributed by atoms with E-state index in [0.29, 0.717) is 23.8 Å². The molecule has 1 aromatic rings. The highest BCUT2D eigenvalue weighted by molar-refractivity contribution is 5.81. The van der Waals surface area contributed by atoms with E-state index in [9.17, 15) is 4.79 Å². The number of piperidine rings is 1. The van der Waals surface area contributed by atoms with E-state index in [1.54, 1.807) is 7.11 Å². The van der Waals surface area contributed by atoms with Gasteiger partial charge in [0.25, 0.3) is 0 Å². The maximum Gasteiger partial charge on any atom is 0.225 e. The van der Waals surface area contributed by atoms with Crippen molar-refractivity contribution in [2.45, 2.75) is 38.8 Å². The minimum atomic E-state index is 0.338. The molecule has 0 radical (unpaired) electrons. The van der Waals surface area contributed by atoms with Crippen molar-refractivity contribution in [1.29, 1.82) is 0 Å². The monoisotopic (exact) mass is 302 g/mol. The number of nitrogens with zero attached hydrogens (tertiary/aromatic N) is 1. The molecule has 0 bridgehead atoms. The zero-order valence-electron chi connectivity index (χ0n) is 13.5. The second kappa shape index (κ2) is 6.69. The molecule has 1 aliphatic carbocycles. The van der Waals surface area contributed by atoms with Crippen molar-refractivity contribution in [3.05, 3.63) is 29.8 Å². The Labute approximate surface area is 132 Å². The zero-order chi connectivity index (χ0) is 15.5. The SMILES string of the molecule is COc1ccccc1CNC1CCN(C(=O)C2CC2)CC1C. The van der Waals surface area contributed by atoms with Crippen LogP contribution >= 0.6 is 0 Å². The number of carbonyl (C=O) groups excluding carboxylic acids is 1. The van der Waals surface area contributed by atoms with Crippen molar-refractivity contribution < 1.29 is 9.53 Å². The standard InChI is InChI=1S/C18H26N2O2/c1-13-12-20(18(21)14-7-8-14)10-9-16(13)19-11-15-5-3-4-6-17(15)22-2/h3-6,13-14,16,19H,7-12H2,1-2H3. The van der Waals surface area contributed by atoms with Gasteiger partial charge >= 0.3 is 0 Å². The summed E-state index contributed by atoms with van der Waals surface area (Å²) in [4.78, 5) is 14.2. The van der Waals surface area contributed by atoms with Gasteiger partial charge < -0.3 is 15.0 Å². The fraction of sp³-hybridized carbons (Fsp3) is 0.611. The van der Waals surface area contributed by atoms with Crippen LogP contribution in [0, 0.1) is 11.8 Å². The quantitative estimate of drug-likeness (QED) is 0.908. The Kier molecular flexibility index (Phi) is 4.67. The second-order valence-electron chi connectivity index (χ2n) is 6.62. The van der Waals surface area contributed by atoms with Crippen molar-refractivity contribution >= 4 is 5.91 Å². The van der Waals surface area contributed by atoms with Crippen LogP contribution in [0.25, 0.3) is 0 Å². The Balaban J connectivity index is 1.52. The maximum atomic E-state index is 12.2. The van der Waals surface area contributed by atoms with Gasteiger partial charge in [-0.05, 0) is 31.2 Å². The van der Waals surface area contributed by atoms with E-state index in [2.05, 4.69) is 23.2 Å². The van der Waals surface area contributed by atoms with Gasteiger partial charge in [0, 0.05) is 37.2 Å². The lowest BCUT2D eigenvalue weighted by molar-refractivity contribution is -0.134. The predicted octanol–water partition coefficient (Wildman–Crippen LogP) is 2.43. The molecule has 0 aromatic heterocycles. The fourth-order valence-corrected chi connectivity index (χ4v) is 3.33. The van der Waals surface area contributed by atoms with Crippen molar-refractivity contribution in [1.82, 2.24) is 10.2 Å². The Bertz CT molecular complexity index is 528. The topological polar surface area (TPSA) is 41.6 Å². The Morgan fingerprint density at radius 1 is 1.32 bits per heavy atom. The first-order valence-electron chi connectivity index (χ1n) is 8.33. The average Bonchev–Trinajstić information content (AvgIpc) is 3.38. The minimum absolute atomic E-state index is 0.338. The van der Waals surface area contributed by atoms with Gasteiger partial charge in [0.1, 0.15) is 5.75 Å². The first-order valence-corrected chi connectivity index (χ1v) is 8.33. The number of carbonyl (C=O) groups is 1. The zero-order valence-corrected chi connectivity index (χ0v) is 13.5. The van der Waals surface area contributed by atoms with Crippen LogP contribution in [0.5, 0.6) is 5.75 Å². The molecule has 4 nitrogen and oxygen atoms in total. The van der Waals surface area contributed by atoms with Crippen molar-refractivity contribution in [3.8, 4) is 5.75 Å². The first-order chi connectivity index (χ1) is 10.7. The van der Waals surface area contributed by atoms with Gasteiger partial charge in [-0.2, -0.15) is 0 Å². The van der Waals surface area contributed by atoms with E-state index in [1.165, 1.54) is 5.56 Å². The summed E-state index contributed by atoms with van der Waals surface area (Å²) in [5, 5.41) is 3.65. The number of nitrogens with one attached hydrogen (secondary N) is 1. The summed E-state index contributed by atoms with van der Waals surface area (Å²) >= 11 is 0. The summed E-state index contributed by atoms with van der Waals surface area (Å²) in [7, 11) is 1.71. The Morgan fingerprint density at radius 2 is 2.09 bits per heavy atom. The molecule has 1 amide bonds. The van der Waals surface area contributed by atoms with Crippen molar-refractivity contribution in [3.63, 3.8) is 0 Å². The fourth-order valence-electron chi connectivity index (χ4n) is 3.33. The van der Waals surface area contributed by atoms with Gasteiger partial charge in [-0.3, -0.25) is 4.79 Å². The summed E-state index contributed by atoms with van der Waals surface area (Å²) in [5.41, 5.74) is 1.19. The number of hydrogen-bond acceptors (Lipinski definition) is 3. The number of para-hydroxylation sites is 1. The molecule has 1 heterocycles. The molecule has 1 saturated carbocycles. The minimum Gasteiger partial charge on any atom is -0.496 e. The Morgan fingerprint density at radius 3 is 2.77 bits per heavy atom. The molecule has 1 N–H and O–H groups in total. The van der Waals surface area contributed by atoms with E-state index < -0.39 is 0 Å². The highest BCUT2D eigenvalue weighted by atomic mass is 16.5. The number of benzene rings is 1. The van der Waals surface area contributed by atoms with E-state index in [4.69, 9.17) is 4.74 Å². The molecule has 2 fully saturated rings. The average molecular weight is 302 g/mol. The summed E-state index contributed by atoms with van der Waals surface area (Å²) in [6.45, 7) is 4.84. The predicted molar refractivity (Wildman–Crippen MR) is 86.7 cm³/mol. The van der Waals surface area contributed by atoms with E-state index in [-0.39, 0.29) is 0 Å². The second-order valence-corrected chi connectivity index (χ2v) is 6.62. The molecule has 2 unspecified atom stereocenters. The van der Waals surface area contributed by atoms with Gasteiger partial charge in [-0.15, -0.1) is 0 Å². The van der Waals surface area contributed by atoms with Crippen LogP contribution in [0.1, 0.15) is 31.7 Å². The van der Waals surface area contributed by atoms with Gasteiger partial charge in [-0.25, -0.2) is 0 Å². The normalized spacial score (nSPS) is 25.1. The highest BCUT2D eigenvalue weighted by Gasteiger charge is 2.36. The van der Waals surface area contributed by atoms with Crippen LogP contribution in [0.3, 0.4) is 0 Å². The number of likely N-dealkylation sites (tertiary alicyclic amines) is 1. The molecular formula is C18H26N2O2. The third-order valence-electron chi connectivity index (χ3n) is 4.89. The molecular weight excluding hydrogens is 276 g/mol. The first kappa shape index (κ1) is 15.3. The van der Waals surface area contributed by atoms with Gasteiger partial charge in [0.05, 0.1) is 7.11 Å². The lowest BCUT2D eigenvalue weighted by Crippen LogP contribution is -2.50. The number of methoxy groups -OCH3 is 1. The molecule has 0 spiro atoms. The third-order valence-corrected chi connectivity index (χ3v) is 4.89. The Hall–Kier alpha value is -1.55. The molecule has 4 heteroatoms. The van der Waals surface area contributed by atoms with Crippen LogP contribution in [0.4, 0.5) is 0 Å². The molecule has 120 valence electrons. The molecule has 3 rings (SSSR count). The van der Waals surface area contributed by atoms with E-state index >= 15 is 0 Å². The van der Waals surface area contributed by atoms with Crippen molar-refractivity contribution in [2.75, 3.05) is 20.2 Å². The summed E-state index contributed by atoms with van der Waals surface area (Å²) < 4.78 is 5.40. The van der Waals surface area contributed by atoms with Crippen molar-refractivity contribution in [2.24, 2.45) is 11.8 Å². The molecule has 2 atom stereocenters. The van der Waals surface area contributed by atoms with Gasteiger partial charge in [0.2, 0.25) is 5.91 Å². The van der Waals surface area contributed by atoms with E-state index in [1.807, 2.05) is 18.2 Å². The number of hydrogen-bond donors (Lipinski definition) is 1. The van der Waals surface area contributed by atoms with Gasteiger partial charge in [-0.1, -0.05) is 25.1 Å². The molecule has 22 heavy (non-hydrogen) atoms. The molecule has 1 aromatic carbocycles. The number of ether oxygens (including phenoxy) is 1. The third kappa shape index (κ3) is 3.43. The maximum absolute atomic E-state index is 12.2. The lowest BCUT2D eigenvalue weighted by atomic mass is 9.93. The lowest BCUT2D eigenvalue weighted by Gasteiger charge is -2.37.